The average molecular weight is 1560 g/mol. The molecule has 4 unspecified atom stereocenters. The van der Waals surface area contributed by atoms with E-state index in [0.717, 1.165) is 108 Å². The molecule has 0 aliphatic rings. The number of phosphoric acid groups is 2. The fourth-order valence-corrected chi connectivity index (χ4v) is 15.2. The number of rotatable bonds is 86. The monoisotopic (exact) mass is 1560 g/mol. The van der Waals surface area contributed by atoms with E-state index in [1.54, 1.807) is 0 Å². The van der Waals surface area contributed by atoms with Crippen LogP contribution in [0.15, 0.2) is 0 Å². The number of hydrogen-bond acceptors (Lipinski definition) is 15. The Morgan fingerprint density at radius 3 is 0.710 bits per heavy atom. The Bertz CT molecular complexity index is 2060. The van der Waals surface area contributed by atoms with Gasteiger partial charge < -0.3 is 33.8 Å². The molecular formula is C88H172O17P2. The molecule has 0 saturated carbocycles. The molecule has 0 radical (unpaired) electrons. The first-order valence-corrected chi connectivity index (χ1v) is 48.4. The molecule has 17 nitrogen and oxygen atoms in total. The number of carbonyl (C=O) groups is 4. The summed E-state index contributed by atoms with van der Waals surface area (Å²) in [7, 11) is -9.93. The first kappa shape index (κ1) is 105. The molecule has 3 N–H and O–H groups in total. The molecular weight excluding hydrogens is 1390 g/mol. The molecule has 0 bridgehead atoms. The summed E-state index contributed by atoms with van der Waals surface area (Å²) in [6.45, 7) is 12.0. The van der Waals surface area contributed by atoms with Crippen LogP contribution < -0.4 is 0 Å². The molecule has 0 spiro atoms. The normalized spacial score (nSPS) is 14.3. The van der Waals surface area contributed by atoms with Crippen LogP contribution in [-0.2, 0) is 65.4 Å². The van der Waals surface area contributed by atoms with Gasteiger partial charge in [0.25, 0.3) is 0 Å². The van der Waals surface area contributed by atoms with Gasteiger partial charge in [0.15, 0.2) is 12.2 Å². The molecule has 0 aliphatic heterocycles. The summed E-state index contributed by atoms with van der Waals surface area (Å²) in [6.07, 6.45) is 69.5. The predicted molar refractivity (Wildman–Crippen MR) is 441 cm³/mol. The lowest BCUT2D eigenvalue weighted by molar-refractivity contribution is -0.161. The smallest absolute Gasteiger partial charge is 0.462 e. The minimum Gasteiger partial charge on any atom is -0.462 e. The Kier molecular flexibility index (Phi) is 76.6. The van der Waals surface area contributed by atoms with Crippen molar-refractivity contribution >= 4 is 39.5 Å². The number of esters is 4. The van der Waals surface area contributed by atoms with Crippen molar-refractivity contribution in [1.82, 2.24) is 0 Å². The van der Waals surface area contributed by atoms with Gasteiger partial charge in [-0.15, -0.1) is 0 Å². The molecule has 19 heteroatoms. The van der Waals surface area contributed by atoms with Gasteiger partial charge in [0.05, 0.1) is 26.4 Å². The summed E-state index contributed by atoms with van der Waals surface area (Å²) in [5.74, 6) is 0.280. The van der Waals surface area contributed by atoms with Gasteiger partial charge >= 0.3 is 39.5 Å². The topological polar surface area (TPSA) is 237 Å². The molecule has 0 aromatic carbocycles. The van der Waals surface area contributed by atoms with Gasteiger partial charge in [-0.2, -0.15) is 0 Å². The van der Waals surface area contributed by atoms with Crippen LogP contribution in [0.3, 0.4) is 0 Å². The third-order valence-electron chi connectivity index (χ3n) is 21.4. The summed E-state index contributed by atoms with van der Waals surface area (Å²) in [5.41, 5.74) is 0. The second kappa shape index (κ2) is 78.0. The highest BCUT2D eigenvalue weighted by atomic mass is 31.2. The SMILES string of the molecule is CCCCCCCCCCCCCCCCCCCCCCCC(=O)OC[C@H](COP(=O)(O)OC[C@@H](O)COP(=O)(O)OC[C@@H](COC(=O)CCCCCCCCCCC(C)CC)OC(=O)CCCCCCCCCCCC(C)C)OC(=O)CCCCCCCCCCCCCCCCCCCCC(C)CC. The maximum Gasteiger partial charge on any atom is 0.472 e. The van der Waals surface area contributed by atoms with E-state index >= 15 is 0 Å². The minimum absolute atomic E-state index is 0.105. The number of aliphatic hydroxyl groups is 1. The van der Waals surface area contributed by atoms with Crippen molar-refractivity contribution in [2.45, 2.75) is 484 Å². The molecule has 0 amide bonds. The standard InChI is InChI=1S/C88H172O17P2/c1-8-11-12-13-14-15-16-17-18-19-20-21-22-26-29-32-35-40-48-55-62-69-85(90)98-75-83(104-87(92)71-64-57-50-41-36-33-30-27-24-23-25-28-31-34-39-46-53-60-67-80(6)9-2)77-102-106(94,95)100-73-82(89)74-101-107(96,97)103-78-84(105-88(93)72-65-58-51-42-37-38-45-52-59-66-79(4)5)76-99-86(91)70-63-56-49-44-43-47-54-61-68-81(7)10-3/h79-84,89H,8-78H2,1-7H3,(H,94,95)(H,96,97)/t80?,81?,82-,83-,84-/m1/s1. The van der Waals surface area contributed by atoms with E-state index in [4.69, 9.17) is 37.0 Å². The van der Waals surface area contributed by atoms with Crippen molar-refractivity contribution in [2.75, 3.05) is 39.6 Å². The molecule has 0 aromatic rings. The molecule has 0 heterocycles. The first-order valence-electron chi connectivity index (χ1n) is 45.4. The van der Waals surface area contributed by atoms with Crippen LogP contribution in [0.4, 0.5) is 0 Å². The van der Waals surface area contributed by atoms with Crippen LogP contribution >= 0.6 is 15.6 Å². The van der Waals surface area contributed by atoms with Gasteiger partial charge in [-0.25, -0.2) is 9.13 Å². The number of ether oxygens (including phenoxy) is 4. The minimum atomic E-state index is -4.97. The predicted octanol–water partition coefficient (Wildman–Crippen LogP) is 26.9. The van der Waals surface area contributed by atoms with E-state index in [0.29, 0.717) is 25.7 Å². The average Bonchev–Trinajstić information content (AvgIpc) is 0.901. The van der Waals surface area contributed by atoms with Crippen LogP contribution in [0.1, 0.15) is 466 Å². The van der Waals surface area contributed by atoms with E-state index in [1.165, 1.54) is 276 Å². The zero-order valence-corrected chi connectivity index (χ0v) is 72.4. The summed E-state index contributed by atoms with van der Waals surface area (Å²) in [6, 6.07) is 0. The second-order valence-corrected chi connectivity index (χ2v) is 35.5. The lowest BCUT2D eigenvalue weighted by Gasteiger charge is -2.21. The van der Waals surface area contributed by atoms with Crippen molar-refractivity contribution in [3.63, 3.8) is 0 Å². The van der Waals surface area contributed by atoms with Crippen molar-refractivity contribution in [2.24, 2.45) is 17.8 Å². The Morgan fingerprint density at radius 1 is 0.271 bits per heavy atom. The van der Waals surface area contributed by atoms with E-state index in [2.05, 4.69) is 48.5 Å². The molecule has 0 aliphatic carbocycles. The molecule has 0 saturated heterocycles. The first-order chi connectivity index (χ1) is 51.8. The highest BCUT2D eigenvalue weighted by molar-refractivity contribution is 7.47. The zero-order valence-electron chi connectivity index (χ0n) is 70.6. The van der Waals surface area contributed by atoms with Crippen LogP contribution in [0.5, 0.6) is 0 Å². The zero-order chi connectivity index (χ0) is 78.6. The summed E-state index contributed by atoms with van der Waals surface area (Å²) in [4.78, 5) is 73.3. The van der Waals surface area contributed by atoms with Gasteiger partial charge in [0.1, 0.15) is 19.3 Å². The number of hydrogen-bond donors (Lipinski definition) is 3. The quantitative estimate of drug-likeness (QED) is 0.0222. The second-order valence-electron chi connectivity index (χ2n) is 32.6. The summed E-state index contributed by atoms with van der Waals surface area (Å²) >= 11 is 0. The highest BCUT2D eigenvalue weighted by Gasteiger charge is 2.31. The van der Waals surface area contributed by atoms with E-state index < -0.39 is 97.5 Å². The number of carbonyl (C=O) groups excluding carboxylic acids is 4. The van der Waals surface area contributed by atoms with Crippen LogP contribution in [0.25, 0.3) is 0 Å². The third-order valence-corrected chi connectivity index (χ3v) is 23.3. The maximum atomic E-state index is 13.2. The Labute approximate surface area is 658 Å². The van der Waals surface area contributed by atoms with Gasteiger partial charge in [0, 0.05) is 25.7 Å². The largest absolute Gasteiger partial charge is 0.472 e. The fraction of sp³-hybridized carbons (Fsp3) is 0.955. The highest BCUT2D eigenvalue weighted by Crippen LogP contribution is 2.45. The number of aliphatic hydroxyl groups excluding tert-OH is 1. The molecule has 7 atom stereocenters. The van der Waals surface area contributed by atoms with E-state index in [9.17, 15) is 43.2 Å². The van der Waals surface area contributed by atoms with Gasteiger partial charge in [-0.1, -0.05) is 414 Å². The third kappa shape index (κ3) is 79.1. The van der Waals surface area contributed by atoms with Crippen LogP contribution in [0, 0.1) is 17.8 Å². The molecule has 636 valence electrons. The van der Waals surface area contributed by atoms with Crippen LogP contribution in [0.2, 0.25) is 0 Å². The van der Waals surface area contributed by atoms with Crippen molar-refractivity contribution in [3.8, 4) is 0 Å². The molecule has 0 fully saturated rings. The van der Waals surface area contributed by atoms with Crippen molar-refractivity contribution < 1.29 is 80.2 Å². The number of phosphoric ester groups is 2. The number of unbranched alkanes of at least 4 members (excludes halogenated alkanes) is 52. The summed E-state index contributed by atoms with van der Waals surface area (Å²) in [5, 5.41) is 10.7. The Balaban J connectivity index is 5.22. The Hall–Kier alpha value is -1.94. The summed E-state index contributed by atoms with van der Waals surface area (Å²) < 4.78 is 68.9. The molecule has 107 heavy (non-hydrogen) atoms. The fourth-order valence-electron chi connectivity index (χ4n) is 13.7. The van der Waals surface area contributed by atoms with Crippen LogP contribution in [-0.4, -0.2) is 96.7 Å². The molecule has 0 aromatic heterocycles. The molecule has 0 rings (SSSR count). The van der Waals surface area contributed by atoms with E-state index in [-0.39, 0.29) is 25.7 Å². The van der Waals surface area contributed by atoms with Gasteiger partial charge in [-0.3, -0.25) is 37.3 Å². The van der Waals surface area contributed by atoms with E-state index in [1.807, 2.05) is 0 Å². The van der Waals surface area contributed by atoms with Crippen molar-refractivity contribution in [3.05, 3.63) is 0 Å². The lowest BCUT2D eigenvalue weighted by atomic mass is 9.99. The van der Waals surface area contributed by atoms with Gasteiger partial charge in [0.2, 0.25) is 0 Å². The maximum absolute atomic E-state index is 13.2. The van der Waals surface area contributed by atoms with Gasteiger partial charge in [-0.05, 0) is 43.4 Å². The lowest BCUT2D eigenvalue weighted by Crippen LogP contribution is -2.30. The Morgan fingerprint density at radius 2 is 0.477 bits per heavy atom. The van der Waals surface area contributed by atoms with Crippen molar-refractivity contribution in [1.29, 1.82) is 0 Å².